The number of para-hydroxylation sites is 1. The van der Waals surface area contributed by atoms with Crippen molar-refractivity contribution in [3.8, 4) is 11.8 Å². The number of nitrogens with zero attached hydrogens (tertiary/aromatic N) is 4. The highest BCUT2D eigenvalue weighted by molar-refractivity contribution is 7.00. The van der Waals surface area contributed by atoms with Crippen LogP contribution in [-0.2, 0) is 0 Å². The number of amides is 1. The Morgan fingerprint density at radius 3 is 2.50 bits per heavy atom. The van der Waals surface area contributed by atoms with E-state index in [2.05, 4.69) is 24.0 Å². The maximum Gasteiger partial charge on any atom is 0.322 e. The van der Waals surface area contributed by atoms with Crippen molar-refractivity contribution in [2.75, 3.05) is 5.32 Å². The van der Waals surface area contributed by atoms with E-state index in [-0.39, 0.29) is 17.7 Å². The lowest BCUT2D eigenvalue weighted by Gasteiger charge is -2.12. The average Bonchev–Trinajstić information content (AvgIpc) is 3.14. The molecule has 0 saturated carbocycles. The monoisotopic (exact) mass is 395 g/mol. The third-order valence-electron chi connectivity index (χ3n) is 4.04. The van der Waals surface area contributed by atoms with Crippen molar-refractivity contribution in [3.63, 3.8) is 0 Å². The lowest BCUT2D eigenvalue weighted by Crippen LogP contribution is -2.15. The van der Waals surface area contributed by atoms with E-state index >= 15 is 0 Å². The summed E-state index contributed by atoms with van der Waals surface area (Å²) < 4.78 is 27.4. The number of halogens is 1. The first-order chi connectivity index (χ1) is 13.5. The van der Waals surface area contributed by atoms with E-state index in [0.717, 1.165) is 17.2 Å². The molecule has 0 atom stereocenters. The van der Waals surface area contributed by atoms with Gasteiger partial charge < -0.3 is 10.1 Å². The molecule has 140 valence electrons. The van der Waals surface area contributed by atoms with Crippen molar-refractivity contribution in [2.45, 2.75) is 13.8 Å². The van der Waals surface area contributed by atoms with E-state index in [1.165, 1.54) is 12.1 Å². The number of benzene rings is 2. The standard InChI is InChI=1S/C19H14FN5O2S/c1-10-17(23-18(26)12-7-8-14-15(9-12)25-28-24-14)11(2)22-19(21-10)27-16-6-4-3-5-13(16)20/h3-9H,1-2H3,(H,23,26). The summed E-state index contributed by atoms with van der Waals surface area (Å²) in [6, 6.07) is 11.1. The van der Waals surface area contributed by atoms with Crippen LogP contribution in [0, 0.1) is 19.7 Å². The molecule has 0 radical (unpaired) electrons. The Morgan fingerprint density at radius 1 is 1.04 bits per heavy atom. The molecule has 0 aliphatic carbocycles. The molecule has 0 unspecified atom stereocenters. The summed E-state index contributed by atoms with van der Waals surface area (Å²) >= 11 is 1.09. The number of aryl methyl sites for hydroxylation is 2. The van der Waals surface area contributed by atoms with Gasteiger partial charge in [-0.15, -0.1) is 0 Å². The van der Waals surface area contributed by atoms with Gasteiger partial charge in [-0.2, -0.15) is 18.7 Å². The first-order valence-electron chi connectivity index (χ1n) is 8.32. The fourth-order valence-corrected chi connectivity index (χ4v) is 3.16. The summed E-state index contributed by atoms with van der Waals surface area (Å²) in [7, 11) is 0. The maximum absolute atomic E-state index is 13.8. The van der Waals surface area contributed by atoms with Gasteiger partial charge in [-0.3, -0.25) is 4.79 Å². The Balaban J connectivity index is 1.57. The molecule has 4 aromatic rings. The van der Waals surface area contributed by atoms with Gasteiger partial charge in [0, 0.05) is 5.56 Å². The van der Waals surface area contributed by atoms with Crippen LogP contribution < -0.4 is 10.1 Å². The van der Waals surface area contributed by atoms with Crippen LogP contribution in [0.3, 0.4) is 0 Å². The predicted octanol–water partition coefficient (Wildman–Crippen LogP) is 4.28. The summed E-state index contributed by atoms with van der Waals surface area (Å²) in [5.41, 5.74) is 3.34. The van der Waals surface area contributed by atoms with Crippen LogP contribution in [0.2, 0.25) is 0 Å². The predicted molar refractivity (Wildman–Crippen MR) is 103 cm³/mol. The van der Waals surface area contributed by atoms with Crippen molar-refractivity contribution in [3.05, 3.63) is 65.2 Å². The summed E-state index contributed by atoms with van der Waals surface area (Å²) in [5.74, 6) is -0.790. The largest absolute Gasteiger partial charge is 0.421 e. The second-order valence-corrected chi connectivity index (χ2v) is 6.53. The van der Waals surface area contributed by atoms with Crippen molar-refractivity contribution in [2.24, 2.45) is 0 Å². The molecule has 0 spiro atoms. The highest BCUT2D eigenvalue weighted by Crippen LogP contribution is 2.25. The average molecular weight is 395 g/mol. The molecule has 0 aliphatic heterocycles. The number of nitrogens with one attached hydrogen (secondary N) is 1. The normalized spacial score (nSPS) is 10.8. The van der Waals surface area contributed by atoms with Crippen LogP contribution in [0.15, 0.2) is 42.5 Å². The van der Waals surface area contributed by atoms with Gasteiger partial charge in [0.05, 0.1) is 28.8 Å². The second kappa shape index (κ2) is 7.28. The molecule has 0 aliphatic rings. The molecule has 1 N–H and O–H groups in total. The van der Waals surface area contributed by atoms with E-state index in [1.807, 2.05) is 0 Å². The van der Waals surface area contributed by atoms with Gasteiger partial charge in [0.1, 0.15) is 11.0 Å². The quantitative estimate of drug-likeness (QED) is 0.555. The van der Waals surface area contributed by atoms with Crippen molar-refractivity contribution in [1.82, 2.24) is 18.7 Å². The van der Waals surface area contributed by atoms with Crippen molar-refractivity contribution >= 4 is 34.4 Å². The number of hydrogen-bond donors (Lipinski definition) is 1. The van der Waals surface area contributed by atoms with E-state index in [9.17, 15) is 9.18 Å². The minimum atomic E-state index is -0.509. The van der Waals surface area contributed by atoms with Crippen LogP contribution in [0.4, 0.5) is 10.1 Å². The van der Waals surface area contributed by atoms with Crippen molar-refractivity contribution in [1.29, 1.82) is 0 Å². The number of hydrogen-bond acceptors (Lipinski definition) is 7. The summed E-state index contributed by atoms with van der Waals surface area (Å²) in [5, 5.41) is 2.82. The molecular formula is C19H14FN5O2S. The molecule has 28 heavy (non-hydrogen) atoms. The van der Waals surface area contributed by atoms with Gasteiger partial charge in [0.15, 0.2) is 11.6 Å². The Kier molecular flexibility index (Phi) is 4.66. The van der Waals surface area contributed by atoms with Gasteiger partial charge in [-0.1, -0.05) is 12.1 Å². The van der Waals surface area contributed by atoms with Gasteiger partial charge in [0.25, 0.3) is 5.91 Å². The Labute approximate surface area is 163 Å². The van der Waals surface area contributed by atoms with E-state index in [0.29, 0.717) is 28.2 Å². The molecule has 9 heteroatoms. The van der Waals surface area contributed by atoms with Gasteiger partial charge >= 0.3 is 6.01 Å². The minimum Gasteiger partial charge on any atom is -0.421 e. The lowest BCUT2D eigenvalue weighted by atomic mass is 10.1. The number of rotatable bonds is 4. The zero-order chi connectivity index (χ0) is 19.7. The Bertz CT molecular complexity index is 1170. The zero-order valence-electron chi connectivity index (χ0n) is 14.9. The highest BCUT2D eigenvalue weighted by Gasteiger charge is 2.15. The minimum absolute atomic E-state index is 0.00747. The van der Waals surface area contributed by atoms with Gasteiger partial charge in [0.2, 0.25) is 0 Å². The van der Waals surface area contributed by atoms with Crippen LogP contribution in [0.25, 0.3) is 11.0 Å². The van der Waals surface area contributed by atoms with E-state index < -0.39 is 5.82 Å². The summed E-state index contributed by atoms with van der Waals surface area (Å²) in [6.07, 6.45) is 0. The topological polar surface area (TPSA) is 89.9 Å². The maximum atomic E-state index is 13.8. The van der Waals surface area contributed by atoms with Gasteiger partial charge in [-0.05, 0) is 44.2 Å². The SMILES string of the molecule is Cc1nc(Oc2ccccc2F)nc(C)c1NC(=O)c1ccc2nsnc2c1. The number of carbonyl (C=O) groups is 1. The van der Waals surface area contributed by atoms with E-state index in [4.69, 9.17) is 4.74 Å². The van der Waals surface area contributed by atoms with E-state index in [1.54, 1.807) is 44.2 Å². The first-order valence-corrected chi connectivity index (χ1v) is 9.05. The van der Waals surface area contributed by atoms with Crippen LogP contribution in [-0.4, -0.2) is 24.6 Å². The van der Waals surface area contributed by atoms with Gasteiger partial charge in [-0.25, -0.2) is 4.39 Å². The third-order valence-corrected chi connectivity index (χ3v) is 4.60. The fourth-order valence-electron chi connectivity index (χ4n) is 2.65. The zero-order valence-corrected chi connectivity index (χ0v) is 15.7. The molecule has 0 fully saturated rings. The Hall–Kier alpha value is -3.46. The summed E-state index contributed by atoms with van der Waals surface area (Å²) in [6.45, 7) is 3.43. The summed E-state index contributed by atoms with van der Waals surface area (Å²) in [4.78, 5) is 21.1. The lowest BCUT2D eigenvalue weighted by molar-refractivity contribution is 0.102. The van der Waals surface area contributed by atoms with Crippen LogP contribution >= 0.6 is 11.7 Å². The molecule has 0 saturated heterocycles. The molecule has 2 aromatic carbocycles. The molecule has 4 rings (SSSR count). The number of anilines is 1. The fraction of sp³-hybridized carbons (Fsp3) is 0.105. The van der Waals surface area contributed by atoms with Crippen molar-refractivity contribution < 1.29 is 13.9 Å². The molecule has 2 heterocycles. The number of carbonyl (C=O) groups excluding carboxylic acids is 1. The molecule has 1 amide bonds. The number of fused-ring (bicyclic) bond motifs is 1. The molecular weight excluding hydrogens is 381 g/mol. The molecule has 7 nitrogen and oxygen atoms in total. The molecule has 0 bridgehead atoms. The molecule has 2 aromatic heterocycles. The third kappa shape index (κ3) is 3.52. The second-order valence-electron chi connectivity index (χ2n) is 6.01. The first kappa shape index (κ1) is 17.9. The highest BCUT2D eigenvalue weighted by atomic mass is 32.1. The van der Waals surface area contributed by atoms with Crippen LogP contribution in [0.1, 0.15) is 21.7 Å². The number of ether oxygens (including phenoxy) is 1. The smallest absolute Gasteiger partial charge is 0.322 e. The Morgan fingerprint density at radius 2 is 1.75 bits per heavy atom. The number of aromatic nitrogens is 4. The van der Waals surface area contributed by atoms with Crippen LogP contribution in [0.5, 0.6) is 11.8 Å².